The van der Waals surface area contributed by atoms with E-state index in [1.54, 1.807) is 4.90 Å². The molecule has 0 spiro atoms. The average Bonchev–Trinajstić information content (AvgIpc) is 3.19. The third-order valence-corrected chi connectivity index (χ3v) is 6.13. The maximum absolute atomic E-state index is 13.8. The van der Waals surface area contributed by atoms with Crippen LogP contribution in [0.3, 0.4) is 0 Å². The zero-order valence-electron chi connectivity index (χ0n) is 17.9. The van der Waals surface area contributed by atoms with Gasteiger partial charge in [-0.3, -0.25) is 9.88 Å². The lowest BCUT2D eigenvalue weighted by Crippen LogP contribution is -2.33. The van der Waals surface area contributed by atoms with Gasteiger partial charge in [0.25, 0.3) is 0 Å². The Hall–Kier alpha value is -2.81. The molecule has 1 unspecified atom stereocenters. The normalized spacial score (nSPS) is 20.8. The van der Waals surface area contributed by atoms with Crippen LogP contribution in [-0.4, -0.2) is 41.0 Å². The minimum atomic E-state index is -4.66. The topological polar surface area (TPSA) is 19.4 Å². The maximum Gasteiger partial charge on any atom is 0.418 e. The highest BCUT2D eigenvalue weighted by Gasteiger charge is 2.39. The third kappa shape index (κ3) is 4.93. The first-order valence-electron chi connectivity index (χ1n) is 10.6. The predicted molar refractivity (Wildman–Crippen MR) is 112 cm³/mol. The lowest BCUT2D eigenvalue weighted by atomic mass is 9.94. The Bertz CT molecular complexity index is 1040. The SMILES string of the molecule is CN1CCC[C@H]1C1=CN(C(c2ccc(C(F)(F)F)cc2)c2ncccc2C(F)(F)F)CC=C1. The van der Waals surface area contributed by atoms with Crippen LogP contribution in [0, 0.1) is 0 Å². The van der Waals surface area contributed by atoms with Crippen LogP contribution in [0.5, 0.6) is 0 Å². The number of rotatable bonds is 4. The number of hydrogen-bond acceptors (Lipinski definition) is 3. The first-order chi connectivity index (χ1) is 15.6. The van der Waals surface area contributed by atoms with Crippen LogP contribution in [0.2, 0.25) is 0 Å². The number of likely N-dealkylation sites (tertiary alicyclic amines) is 1. The molecule has 0 bridgehead atoms. The molecule has 2 aromatic rings. The Morgan fingerprint density at radius 2 is 1.73 bits per heavy atom. The number of likely N-dealkylation sites (N-methyl/N-ethyl adjacent to an activating group) is 1. The average molecular weight is 467 g/mol. The third-order valence-electron chi connectivity index (χ3n) is 6.13. The summed E-state index contributed by atoms with van der Waals surface area (Å²) in [7, 11) is 2.00. The van der Waals surface area contributed by atoms with Crippen molar-refractivity contribution in [2.45, 2.75) is 37.3 Å². The van der Waals surface area contributed by atoms with Gasteiger partial charge >= 0.3 is 12.4 Å². The minimum Gasteiger partial charge on any atom is -0.361 e. The Morgan fingerprint density at radius 3 is 2.33 bits per heavy atom. The van der Waals surface area contributed by atoms with E-state index < -0.39 is 29.5 Å². The quantitative estimate of drug-likeness (QED) is 0.510. The molecule has 4 rings (SSSR count). The molecule has 0 radical (unpaired) electrons. The summed E-state index contributed by atoms with van der Waals surface area (Å²) in [6.07, 6.45) is -0.303. The lowest BCUT2D eigenvalue weighted by molar-refractivity contribution is -0.139. The summed E-state index contributed by atoms with van der Waals surface area (Å²) in [5, 5.41) is 0. The van der Waals surface area contributed by atoms with Crippen molar-refractivity contribution >= 4 is 0 Å². The summed E-state index contributed by atoms with van der Waals surface area (Å²) in [6, 6.07) is 5.56. The van der Waals surface area contributed by atoms with Crippen LogP contribution in [0.25, 0.3) is 0 Å². The van der Waals surface area contributed by atoms with Crippen LogP contribution in [0.4, 0.5) is 26.3 Å². The smallest absolute Gasteiger partial charge is 0.361 e. The van der Waals surface area contributed by atoms with E-state index in [0.29, 0.717) is 12.1 Å². The molecule has 0 aliphatic carbocycles. The first kappa shape index (κ1) is 23.4. The van der Waals surface area contributed by atoms with Crippen molar-refractivity contribution in [2.75, 3.05) is 20.1 Å². The molecule has 0 N–H and O–H groups in total. The highest BCUT2D eigenvalue weighted by Crippen LogP contribution is 2.40. The van der Waals surface area contributed by atoms with Crippen molar-refractivity contribution in [3.05, 3.63) is 88.9 Å². The first-order valence-corrected chi connectivity index (χ1v) is 10.6. The molecule has 3 heterocycles. The van der Waals surface area contributed by atoms with Crippen LogP contribution in [-0.2, 0) is 12.4 Å². The molecule has 3 nitrogen and oxygen atoms in total. The second-order valence-corrected chi connectivity index (χ2v) is 8.32. The highest BCUT2D eigenvalue weighted by molar-refractivity contribution is 5.39. The van der Waals surface area contributed by atoms with E-state index in [4.69, 9.17) is 0 Å². The van der Waals surface area contributed by atoms with Gasteiger partial charge in [0.1, 0.15) is 0 Å². The summed E-state index contributed by atoms with van der Waals surface area (Å²) >= 11 is 0. The predicted octanol–water partition coefficient (Wildman–Crippen LogP) is 6.06. The monoisotopic (exact) mass is 467 g/mol. The fourth-order valence-electron chi connectivity index (χ4n) is 4.54. The van der Waals surface area contributed by atoms with Crippen LogP contribution in [0.15, 0.2) is 66.5 Å². The fraction of sp³-hybridized carbons (Fsp3) is 0.375. The Kier molecular flexibility index (Phi) is 6.26. The van der Waals surface area contributed by atoms with Crippen molar-refractivity contribution in [2.24, 2.45) is 0 Å². The maximum atomic E-state index is 13.8. The number of benzene rings is 1. The highest BCUT2D eigenvalue weighted by atomic mass is 19.4. The molecule has 1 aromatic carbocycles. The Balaban J connectivity index is 1.81. The van der Waals surface area contributed by atoms with Gasteiger partial charge in [-0.25, -0.2) is 0 Å². The minimum absolute atomic E-state index is 0.142. The van der Waals surface area contributed by atoms with Gasteiger partial charge < -0.3 is 4.90 Å². The largest absolute Gasteiger partial charge is 0.418 e. The van der Waals surface area contributed by atoms with Gasteiger partial charge in [-0.2, -0.15) is 26.3 Å². The van der Waals surface area contributed by atoms with E-state index in [1.165, 1.54) is 24.4 Å². The number of pyridine rings is 1. The standard InChI is InChI=1S/C24H23F6N3/c1-32-13-4-7-20(32)17-5-3-14-33(15-17)22(16-8-10-18(11-9-16)23(25,26)27)21-19(24(28,29)30)6-2-12-31-21/h2-3,5-6,8-12,15,20,22H,4,7,13-14H2,1H3/t20-,22?/m0/s1. The van der Waals surface area contributed by atoms with Gasteiger partial charge in [0.05, 0.1) is 22.9 Å². The number of alkyl halides is 6. The molecule has 2 atom stereocenters. The number of nitrogens with zero attached hydrogens (tertiary/aromatic N) is 3. The molecule has 0 amide bonds. The number of aromatic nitrogens is 1. The van der Waals surface area contributed by atoms with Crippen molar-refractivity contribution in [3.63, 3.8) is 0 Å². The van der Waals surface area contributed by atoms with Crippen molar-refractivity contribution in [1.82, 2.24) is 14.8 Å². The van der Waals surface area contributed by atoms with Crippen molar-refractivity contribution < 1.29 is 26.3 Å². The fourth-order valence-corrected chi connectivity index (χ4v) is 4.54. The zero-order valence-corrected chi connectivity index (χ0v) is 17.9. The van der Waals surface area contributed by atoms with Crippen molar-refractivity contribution in [3.8, 4) is 0 Å². The molecule has 1 saturated heterocycles. The van der Waals surface area contributed by atoms with E-state index in [2.05, 4.69) is 9.88 Å². The molecular formula is C24H23F6N3. The zero-order chi connectivity index (χ0) is 23.8. The summed E-state index contributed by atoms with van der Waals surface area (Å²) in [5.74, 6) is 0. The number of halogens is 6. The molecule has 2 aliphatic heterocycles. The van der Waals surface area contributed by atoms with Gasteiger partial charge in [0.2, 0.25) is 0 Å². The van der Waals surface area contributed by atoms with Crippen LogP contribution >= 0.6 is 0 Å². The van der Waals surface area contributed by atoms with E-state index in [-0.39, 0.29) is 11.7 Å². The van der Waals surface area contributed by atoms with Crippen LogP contribution in [0.1, 0.15) is 41.3 Å². The summed E-state index contributed by atoms with van der Waals surface area (Å²) < 4.78 is 80.8. The second kappa shape index (κ2) is 8.85. The van der Waals surface area contributed by atoms with Crippen LogP contribution < -0.4 is 0 Å². The molecule has 176 valence electrons. The second-order valence-electron chi connectivity index (χ2n) is 8.32. The van der Waals surface area contributed by atoms with Gasteiger partial charge in [0, 0.05) is 25.0 Å². The molecule has 1 aromatic heterocycles. The summed E-state index contributed by atoms with van der Waals surface area (Å²) in [4.78, 5) is 7.97. The van der Waals surface area contributed by atoms with Gasteiger partial charge in [-0.1, -0.05) is 24.3 Å². The molecule has 9 heteroatoms. The van der Waals surface area contributed by atoms with Gasteiger partial charge in [0.15, 0.2) is 0 Å². The van der Waals surface area contributed by atoms with E-state index in [1.807, 2.05) is 25.4 Å². The molecule has 0 saturated carbocycles. The Morgan fingerprint density at radius 1 is 1.00 bits per heavy atom. The molecule has 1 fully saturated rings. The Labute approximate surface area is 188 Å². The summed E-state index contributed by atoms with van der Waals surface area (Å²) in [6.45, 7) is 1.23. The number of hydrogen-bond donors (Lipinski definition) is 0. The van der Waals surface area contributed by atoms with E-state index >= 15 is 0 Å². The molecule has 33 heavy (non-hydrogen) atoms. The molecule has 2 aliphatic rings. The van der Waals surface area contributed by atoms with Crippen molar-refractivity contribution in [1.29, 1.82) is 0 Å². The lowest BCUT2D eigenvalue weighted by Gasteiger charge is -2.35. The van der Waals surface area contributed by atoms with E-state index in [0.717, 1.165) is 43.2 Å². The molecular weight excluding hydrogens is 444 g/mol. The summed E-state index contributed by atoms with van der Waals surface area (Å²) in [5.41, 5.74) is -0.738. The van der Waals surface area contributed by atoms with Gasteiger partial charge in [-0.15, -0.1) is 0 Å². The van der Waals surface area contributed by atoms with Gasteiger partial charge in [-0.05, 0) is 61.8 Å². The van der Waals surface area contributed by atoms with E-state index in [9.17, 15) is 26.3 Å².